The molecule has 8 nitrogen and oxygen atoms in total. The standard InChI is InChI=1S/C34H42N2O6/c1-21(2)17-28(31-29(37)18-34(3,4)19-30(31)38)36-27(32(39)40)15-9-10-16-35-33(41)42-20-26-24-13-7-5-11-22(24)23-12-6-8-14-25(23)26/h5-8,11-14,21,26-27,37H,9-10,15-20H2,1-4H3,(H,35,41)(H,39,40)/t27-/m1/s1. The van der Waals surface area contributed by atoms with E-state index in [-0.39, 0.29) is 53.8 Å². The predicted molar refractivity (Wildman–Crippen MR) is 163 cm³/mol. The maximum absolute atomic E-state index is 12.9. The van der Waals surface area contributed by atoms with Gasteiger partial charge in [-0.2, -0.15) is 0 Å². The van der Waals surface area contributed by atoms with Crippen molar-refractivity contribution in [2.45, 2.75) is 78.2 Å². The van der Waals surface area contributed by atoms with Gasteiger partial charge in [-0.25, -0.2) is 9.59 Å². The van der Waals surface area contributed by atoms with Crippen LogP contribution in [0.4, 0.5) is 4.79 Å². The number of carbonyl (C=O) groups excluding carboxylic acids is 2. The predicted octanol–water partition coefficient (Wildman–Crippen LogP) is 6.84. The van der Waals surface area contributed by atoms with E-state index in [1.807, 2.05) is 52.0 Å². The SMILES string of the molecule is CC(C)CC(=N[C@H](CCCCNC(=O)OCC1c2ccccc2-c2ccccc21)C(=O)O)C1=C(O)CC(C)(C)CC1=O. The quantitative estimate of drug-likeness (QED) is 0.188. The number of carboxylic acid groups (broad SMARTS) is 1. The van der Waals surface area contributed by atoms with Gasteiger partial charge in [0.2, 0.25) is 0 Å². The van der Waals surface area contributed by atoms with Crippen LogP contribution in [0, 0.1) is 11.3 Å². The highest BCUT2D eigenvalue weighted by Gasteiger charge is 2.36. The van der Waals surface area contributed by atoms with Crippen LogP contribution in [0.15, 0.2) is 64.9 Å². The van der Waals surface area contributed by atoms with Crippen LogP contribution in [-0.2, 0) is 14.3 Å². The lowest BCUT2D eigenvalue weighted by Crippen LogP contribution is -2.31. The highest BCUT2D eigenvalue weighted by Crippen LogP contribution is 2.44. The smallest absolute Gasteiger partial charge is 0.407 e. The maximum Gasteiger partial charge on any atom is 0.407 e. The number of Topliss-reactive ketones (excluding diaryl/α,β-unsaturated/α-hetero) is 1. The lowest BCUT2D eigenvalue weighted by atomic mass is 9.75. The Morgan fingerprint density at radius 2 is 1.64 bits per heavy atom. The molecule has 0 spiro atoms. The molecule has 3 N–H and O–H groups in total. The fourth-order valence-corrected chi connectivity index (χ4v) is 5.96. The number of carbonyl (C=O) groups is 3. The van der Waals surface area contributed by atoms with Gasteiger partial charge in [0.05, 0.1) is 11.3 Å². The molecular formula is C34H42N2O6. The summed E-state index contributed by atoms with van der Waals surface area (Å²) in [6.45, 7) is 8.35. The van der Waals surface area contributed by atoms with E-state index in [0.29, 0.717) is 37.9 Å². The third kappa shape index (κ3) is 7.46. The Bertz CT molecular complexity index is 1340. The van der Waals surface area contributed by atoms with Crippen molar-refractivity contribution >= 4 is 23.6 Å². The van der Waals surface area contributed by atoms with Crippen molar-refractivity contribution in [3.8, 4) is 11.1 Å². The summed E-state index contributed by atoms with van der Waals surface area (Å²) in [7, 11) is 0. The number of ether oxygens (including phenoxy) is 1. The molecule has 8 heteroatoms. The van der Waals surface area contributed by atoms with Crippen LogP contribution >= 0.6 is 0 Å². The van der Waals surface area contributed by atoms with Gasteiger partial charge in [-0.1, -0.05) is 76.2 Å². The van der Waals surface area contributed by atoms with Crippen molar-refractivity contribution < 1.29 is 29.3 Å². The number of unbranched alkanes of at least 4 members (excludes halogenated alkanes) is 1. The van der Waals surface area contributed by atoms with Crippen molar-refractivity contribution in [1.82, 2.24) is 5.32 Å². The molecule has 4 rings (SSSR count). The monoisotopic (exact) mass is 574 g/mol. The zero-order chi connectivity index (χ0) is 30.4. The molecular weight excluding hydrogens is 532 g/mol. The van der Waals surface area contributed by atoms with Gasteiger partial charge >= 0.3 is 12.1 Å². The number of nitrogens with zero attached hydrogens (tertiary/aromatic N) is 1. The molecule has 2 aromatic carbocycles. The minimum absolute atomic E-state index is 0.00733. The molecule has 0 aliphatic heterocycles. The Balaban J connectivity index is 1.30. The zero-order valence-electron chi connectivity index (χ0n) is 25.0. The van der Waals surface area contributed by atoms with E-state index in [9.17, 15) is 24.6 Å². The molecule has 0 unspecified atom stereocenters. The number of fused-ring (bicyclic) bond motifs is 3. The van der Waals surface area contributed by atoms with Crippen molar-refractivity contribution in [1.29, 1.82) is 0 Å². The molecule has 224 valence electrons. The van der Waals surface area contributed by atoms with Gasteiger partial charge in [0.15, 0.2) is 5.78 Å². The third-order valence-electron chi connectivity index (χ3n) is 7.86. The number of nitrogens with one attached hydrogen (secondary N) is 1. The lowest BCUT2D eigenvalue weighted by Gasteiger charge is -2.30. The molecule has 0 fully saturated rings. The number of aliphatic imine (C=N–C) groups is 1. The van der Waals surface area contributed by atoms with Crippen LogP contribution in [0.3, 0.4) is 0 Å². The summed E-state index contributed by atoms with van der Waals surface area (Å²) in [5.74, 6) is -1.17. The first-order valence-corrected chi connectivity index (χ1v) is 14.8. The van der Waals surface area contributed by atoms with E-state index in [2.05, 4.69) is 34.6 Å². The van der Waals surface area contributed by atoms with Crippen LogP contribution in [0.5, 0.6) is 0 Å². The molecule has 0 saturated carbocycles. The first-order chi connectivity index (χ1) is 20.0. The molecule has 0 aromatic heterocycles. The van der Waals surface area contributed by atoms with E-state index in [4.69, 9.17) is 4.74 Å². The van der Waals surface area contributed by atoms with E-state index < -0.39 is 18.1 Å². The Labute approximate surface area is 247 Å². The number of aliphatic carboxylic acids is 1. The number of allylic oxidation sites excluding steroid dienone is 2. The molecule has 0 saturated heterocycles. The second-order valence-corrected chi connectivity index (χ2v) is 12.5. The Morgan fingerprint density at radius 1 is 1.02 bits per heavy atom. The van der Waals surface area contributed by atoms with Gasteiger partial charge in [0.25, 0.3) is 0 Å². The zero-order valence-corrected chi connectivity index (χ0v) is 25.0. The number of alkyl carbamates (subject to hydrolysis) is 1. The summed E-state index contributed by atoms with van der Waals surface area (Å²) in [6, 6.07) is 15.3. The first kappa shape index (κ1) is 31.0. The first-order valence-electron chi connectivity index (χ1n) is 14.8. The van der Waals surface area contributed by atoms with Gasteiger partial charge in [0, 0.05) is 25.3 Å². The van der Waals surface area contributed by atoms with Crippen LogP contribution in [-0.4, -0.2) is 53.0 Å². The molecule has 2 aliphatic rings. The average Bonchev–Trinajstić information content (AvgIpc) is 3.23. The summed E-state index contributed by atoms with van der Waals surface area (Å²) in [5, 5.41) is 23.3. The summed E-state index contributed by atoms with van der Waals surface area (Å²) in [6.07, 6.45) is 1.82. The van der Waals surface area contributed by atoms with E-state index in [0.717, 1.165) is 22.3 Å². The highest BCUT2D eigenvalue weighted by atomic mass is 16.5. The number of aliphatic hydroxyl groups is 1. The lowest BCUT2D eigenvalue weighted by molar-refractivity contribution is -0.138. The largest absolute Gasteiger partial charge is 0.511 e. The fraction of sp³-hybridized carbons (Fsp3) is 0.471. The summed E-state index contributed by atoms with van der Waals surface area (Å²) in [4.78, 5) is 41.9. The molecule has 0 radical (unpaired) electrons. The normalized spacial score (nSPS) is 17.2. The molecule has 1 atom stereocenters. The number of hydrogen-bond acceptors (Lipinski definition) is 6. The number of benzene rings is 2. The van der Waals surface area contributed by atoms with Crippen molar-refractivity contribution in [2.24, 2.45) is 16.3 Å². The third-order valence-corrected chi connectivity index (χ3v) is 7.86. The minimum atomic E-state index is -1.08. The van der Waals surface area contributed by atoms with E-state index >= 15 is 0 Å². The summed E-state index contributed by atoms with van der Waals surface area (Å²) < 4.78 is 5.57. The van der Waals surface area contributed by atoms with Gasteiger partial charge in [-0.3, -0.25) is 9.79 Å². The van der Waals surface area contributed by atoms with Crippen LogP contribution < -0.4 is 5.32 Å². The summed E-state index contributed by atoms with van der Waals surface area (Å²) in [5.41, 5.74) is 4.83. The van der Waals surface area contributed by atoms with Gasteiger partial charge < -0.3 is 20.3 Å². The molecule has 2 aliphatic carbocycles. The second-order valence-electron chi connectivity index (χ2n) is 12.5. The van der Waals surface area contributed by atoms with Crippen LogP contribution in [0.1, 0.15) is 83.3 Å². The molecule has 42 heavy (non-hydrogen) atoms. The fourth-order valence-electron chi connectivity index (χ4n) is 5.96. The Hall–Kier alpha value is -3.94. The van der Waals surface area contributed by atoms with Crippen molar-refractivity contribution in [2.75, 3.05) is 13.2 Å². The number of carboxylic acids is 1. The van der Waals surface area contributed by atoms with Gasteiger partial charge in [-0.15, -0.1) is 0 Å². The van der Waals surface area contributed by atoms with E-state index in [1.165, 1.54) is 0 Å². The minimum Gasteiger partial charge on any atom is -0.511 e. The van der Waals surface area contributed by atoms with Crippen molar-refractivity contribution in [3.05, 3.63) is 71.0 Å². The number of ketones is 1. The average molecular weight is 575 g/mol. The second kappa shape index (κ2) is 13.4. The van der Waals surface area contributed by atoms with Gasteiger partial charge in [0.1, 0.15) is 18.4 Å². The number of hydrogen-bond donors (Lipinski definition) is 3. The maximum atomic E-state index is 12.9. The molecule has 2 aromatic rings. The molecule has 0 bridgehead atoms. The van der Waals surface area contributed by atoms with Gasteiger partial charge in [-0.05, 0) is 59.3 Å². The highest BCUT2D eigenvalue weighted by molar-refractivity contribution is 6.23. The number of rotatable bonds is 12. The Kier molecular flexibility index (Phi) is 9.86. The Morgan fingerprint density at radius 3 is 2.21 bits per heavy atom. The van der Waals surface area contributed by atoms with Crippen LogP contribution in [0.2, 0.25) is 0 Å². The van der Waals surface area contributed by atoms with Crippen molar-refractivity contribution in [3.63, 3.8) is 0 Å². The molecule has 0 heterocycles. The number of aliphatic hydroxyl groups excluding tert-OH is 1. The topological polar surface area (TPSA) is 125 Å². The summed E-state index contributed by atoms with van der Waals surface area (Å²) >= 11 is 0. The van der Waals surface area contributed by atoms with Crippen LogP contribution in [0.25, 0.3) is 11.1 Å². The van der Waals surface area contributed by atoms with E-state index in [1.54, 1.807) is 0 Å². The number of amides is 1. The molecule has 1 amide bonds.